The number of carbonyl (C=O) groups is 4. The third-order valence-electron chi connectivity index (χ3n) is 4.24. The lowest BCUT2D eigenvalue weighted by Crippen LogP contribution is -2.34. The van der Waals surface area contributed by atoms with E-state index in [2.05, 4.69) is 4.74 Å². The molecule has 1 aromatic carbocycles. The van der Waals surface area contributed by atoms with Crippen LogP contribution in [0.2, 0.25) is 0 Å². The van der Waals surface area contributed by atoms with Crippen molar-refractivity contribution in [3.8, 4) is 0 Å². The van der Waals surface area contributed by atoms with Gasteiger partial charge in [0.25, 0.3) is 11.8 Å². The van der Waals surface area contributed by atoms with Crippen LogP contribution in [0.25, 0.3) is 0 Å². The lowest BCUT2D eigenvalue weighted by atomic mass is 10.1. The Morgan fingerprint density at radius 1 is 1.00 bits per heavy atom. The number of rotatable bonds is 3. The maximum atomic E-state index is 12.2. The first kappa shape index (κ1) is 15.2. The predicted octanol–water partition coefficient (Wildman–Crippen LogP) is 1.33. The highest BCUT2D eigenvalue weighted by Crippen LogP contribution is 2.33. The highest BCUT2D eigenvalue weighted by atomic mass is 16.7. The van der Waals surface area contributed by atoms with E-state index in [1.807, 2.05) is 0 Å². The van der Waals surface area contributed by atoms with Gasteiger partial charge in [0, 0.05) is 0 Å². The van der Waals surface area contributed by atoms with Crippen LogP contribution >= 0.6 is 0 Å². The minimum absolute atomic E-state index is 0.212. The first-order valence-corrected chi connectivity index (χ1v) is 7.30. The molecule has 0 bridgehead atoms. The highest BCUT2D eigenvalue weighted by Gasteiger charge is 2.42. The Bertz CT molecular complexity index is 663. The van der Waals surface area contributed by atoms with Crippen molar-refractivity contribution < 1.29 is 28.8 Å². The summed E-state index contributed by atoms with van der Waals surface area (Å²) < 4.78 is 4.66. The van der Waals surface area contributed by atoms with Crippen LogP contribution in [0.15, 0.2) is 24.3 Å². The normalized spacial score (nSPS) is 22.9. The first-order valence-electron chi connectivity index (χ1n) is 7.30. The van der Waals surface area contributed by atoms with Gasteiger partial charge in [0.1, 0.15) is 0 Å². The van der Waals surface area contributed by atoms with Gasteiger partial charge in [-0.15, -0.1) is 0 Å². The van der Waals surface area contributed by atoms with Gasteiger partial charge < -0.3 is 9.57 Å². The van der Waals surface area contributed by atoms with Crippen molar-refractivity contribution in [3.05, 3.63) is 35.4 Å². The molecule has 1 saturated carbocycles. The number of fused-ring (bicyclic) bond motifs is 1. The Labute approximate surface area is 132 Å². The predicted molar refractivity (Wildman–Crippen MR) is 75.9 cm³/mol. The number of hydrogen-bond acceptors (Lipinski definition) is 6. The molecule has 0 saturated heterocycles. The lowest BCUT2D eigenvalue weighted by molar-refractivity contribution is -0.173. The Morgan fingerprint density at radius 3 is 2.04 bits per heavy atom. The lowest BCUT2D eigenvalue weighted by Gasteiger charge is -2.15. The SMILES string of the molecule is COC(=O)[C@@H]1CCC(C(=O)ON2C(=O)c3ccccc3C2=O)C1. The van der Waals surface area contributed by atoms with Gasteiger partial charge >= 0.3 is 11.9 Å². The van der Waals surface area contributed by atoms with Gasteiger partial charge in [0.15, 0.2) is 0 Å². The molecule has 0 aromatic heterocycles. The molecular formula is C16H15NO6. The van der Waals surface area contributed by atoms with Crippen molar-refractivity contribution >= 4 is 23.8 Å². The molecule has 2 atom stereocenters. The van der Waals surface area contributed by atoms with Gasteiger partial charge in [0.2, 0.25) is 0 Å². The average Bonchev–Trinajstić information content (AvgIpc) is 3.15. The van der Waals surface area contributed by atoms with Gasteiger partial charge in [-0.1, -0.05) is 17.2 Å². The van der Waals surface area contributed by atoms with E-state index in [0.29, 0.717) is 24.3 Å². The summed E-state index contributed by atoms with van der Waals surface area (Å²) in [5.74, 6) is -3.21. The standard InChI is InChI=1S/C16H15NO6/c1-22-15(20)9-6-7-10(8-9)16(21)23-17-13(18)11-4-2-3-5-12(11)14(17)19/h2-5,9-10H,6-8H2,1H3/t9-,10?/m1/s1. The summed E-state index contributed by atoms with van der Waals surface area (Å²) in [6.45, 7) is 0. The van der Waals surface area contributed by atoms with Crippen LogP contribution in [0.4, 0.5) is 0 Å². The van der Waals surface area contributed by atoms with Crippen LogP contribution < -0.4 is 0 Å². The van der Waals surface area contributed by atoms with E-state index in [1.54, 1.807) is 12.1 Å². The van der Waals surface area contributed by atoms with Gasteiger partial charge in [0.05, 0.1) is 30.1 Å². The quantitative estimate of drug-likeness (QED) is 0.617. The summed E-state index contributed by atoms with van der Waals surface area (Å²) in [6.07, 6.45) is 1.28. The van der Waals surface area contributed by atoms with Gasteiger partial charge in [-0.2, -0.15) is 0 Å². The maximum Gasteiger partial charge on any atom is 0.336 e. The van der Waals surface area contributed by atoms with Crippen molar-refractivity contribution in [1.29, 1.82) is 0 Å². The molecular weight excluding hydrogens is 302 g/mol. The number of amides is 2. The van der Waals surface area contributed by atoms with Crippen molar-refractivity contribution in [3.63, 3.8) is 0 Å². The molecule has 3 rings (SSSR count). The fourth-order valence-corrected chi connectivity index (χ4v) is 2.99. The summed E-state index contributed by atoms with van der Waals surface area (Å²) in [5.41, 5.74) is 0.424. The number of benzene rings is 1. The summed E-state index contributed by atoms with van der Waals surface area (Å²) in [5, 5.41) is 0.498. The molecule has 1 aromatic rings. The second-order valence-corrected chi connectivity index (χ2v) is 5.59. The van der Waals surface area contributed by atoms with Crippen LogP contribution in [-0.2, 0) is 19.2 Å². The van der Waals surface area contributed by atoms with Crippen LogP contribution in [0.5, 0.6) is 0 Å². The summed E-state index contributed by atoms with van der Waals surface area (Å²) in [7, 11) is 1.30. The number of ether oxygens (including phenoxy) is 1. The number of carbonyl (C=O) groups excluding carboxylic acids is 4. The van der Waals surface area contributed by atoms with E-state index >= 15 is 0 Å². The van der Waals surface area contributed by atoms with Crippen molar-refractivity contribution in [1.82, 2.24) is 5.06 Å². The van der Waals surface area contributed by atoms with E-state index in [-0.39, 0.29) is 23.0 Å². The largest absolute Gasteiger partial charge is 0.469 e. The average molecular weight is 317 g/mol. The zero-order valence-corrected chi connectivity index (χ0v) is 12.5. The summed E-state index contributed by atoms with van der Waals surface area (Å²) in [4.78, 5) is 52.9. The van der Waals surface area contributed by atoms with Crippen LogP contribution in [-0.4, -0.2) is 35.9 Å². The molecule has 2 aliphatic rings. The molecule has 120 valence electrons. The Kier molecular flexibility index (Phi) is 3.85. The molecule has 1 aliphatic heterocycles. The zero-order valence-electron chi connectivity index (χ0n) is 12.5. The number of imide groups is 1. The Balaban J connectivity index is 1.67. The van der Waals surface area contributed by atoms with Crippen LogP contribution in [0.3, 0.4) is 0 Å². The minimum Gasteiger partial charge on any atom is -0.469 e. The number of methoxy groups -OCH3 is 1. The van der Waals surface area contributed by atoms with Crippen LogP contribution in [0.1, 0.15) is 40.0 Å². The van der Waals surface area contributed by atoms with E-state index < -0.39 is 23.7 Å². The van der Waals surface area contributed by atoms with Gasteiger partial charge in [-0.05, 0) is 31.4 Å². The molecule has 1 heterocycles. The molecule has 0 N–H and O–H groups in total. The monoisotopic (exact) mass is 317 g/mol. The second kappa shape index (κ2) is 5.83. The zero-order chi connectivity index (χ0) is 16.6. The fourth-order valence-electron chi connectivity index (χ4n) is 2.99. The summed E-state index contributed by atoms with van der Waals surface area (Å²) in [6, 6.07) is 6.28. The molecule has 0 radical (unpaired) electrons. The number of hydrogen-bond donors (Lipinski definition) is 0. The minimum atomic E-state index is -0.675. The maximum absolute atomic E-state index is 12.2. The highest BCUT2D eigenvalue weighted by molar-refractivity contribution is 6.20. The van der Waals surface area contributed by atoms with Gasteiger partial charge in [-0.3, -0.25) is 14.4 Å². The third kappa shape index (κ3) is 2.58. The third-order valence-corrected chi connectivity index (χ3v) is 4.24. The van der Waals surface area contributed by atoms with E-state index in [9.17, 15) is 19.2 Å². The fraction of sp³-hybridized carbons (Fsp3) is 0.375. The molecule has 23 heavy (non-hydrogen) atoms. The first-order chi connectivity index (χ1) is 11.0. The van der Waals surface area contributed by atoms with Crippen molar-refractivity contribution in [2.45, 2.75) is 19.3 Å². The second-order valence-electron chi connectivity index (χ2n) is 5.59. The summed E-state index contributed by atoms with van der Waals surface area (Å²) >= 11 is 0. The topological polar surface area (TPSA) is 90.0 Å². The molecule has 1 aliphatic carbocycles. The van der Waals surface area contributed by atoms with Crippen molar-refractivity contribution in [2.75, 3.05) is 7.11 Å². The number of nitrogens with zero attached hydrogens (tertiary/aromatic N) is 1. The van der Waals surface area contributed by atoms with E-state index in [4.69, 9.17) is 4.84 Å². The van der Waals surface area contributed by atoms with Gasteiger partial charge in [-0.25, -0.2) is 4.79 Å². The molecule has 1 unspecified atom stereocenters. The smallest absolute Gasteiger partial charge is 0.336 e. The molecule has 1 fully saturated rings. The van der Waals surface area contributed by atoms with Crippen molar-refractivity contribution in [2.24, 2.45) is 11.8 Å². The number of hydroxylamine groups is 2. The van der Waals surface area contributed by atoms with E-state index in [1.165, 1.54) is 19.2 Å². The number of esters is 1. The molecule has 7 nitrogen and oxygen atoms in total. The Morgan fingerprint density at radius 2 is 1.52 bits per heavy atom. The van der Waals surface area contributed by atoms with E-state index in [0.717, 1.165) is 0 Å². The molecule has 0 spiro atoms. The molecule has 7 heteroatoms. The molecule has 2 amide bonds. The van der Waals surface area contributed by atoms with Crippen LogP contribution in [0, 0.1) is 11.8 Å². The Hall–Kier alpha value is -2.70.